The summed E-state index contributed by atoms with van der Waals surface area (Å²) in [6.45, 7) is 5.55. The van der Waals surface area contributed by atoms with Crippen LogP contribution in [-0.2, 0) is 0 Å². The zero-order valence-corrected chi connectivity index (χ0v) is 7.13. The molecule has 0 spiro atoms. The lowest BCUT2D eigenvalue weighted by Crippen LogP contribution is -2.22. The van der Waals surface area contributed by atoms with E-state index in [0.717, 1.165) is 11.1 Å². The van der Waals surface area contributed by atoms with Crippen LogP contribution in [-0.4, -0.2) is 16.3 Å². The molecule has 0 fully saturated rings. The Morgan fingerprint density at radius 3 is 2.45 bits per heavy atom. The second-order valence-corrected chi connectivity index (χ2v) is 3.16. The summed E-state index contributed by atoms with van der Waals surface area (Å²) in [5, 5.41) is 18.8. The molecule has 62 valence electrons. The van der Waals surface area contributed by atoms with Crippen LogP contribution in [0, 0.1) is 5.92 Å². The maximum Gasteiger partial charge on any atom is 0.114 e. The second-order valence-electron chi connectivity index (χ2n) is 3.16. The molecular formula is C9H14O2. The number of hydrogen-bond acceptors (Lipinski definition) is 2. The fraction of sp³-hybridized carbons (Fsp3) is 0.556. The Morgan fingerprint density at radius 1 is 1.36 bits per heavy atom. The molecule has 0 amide bonds. The fourth-order valence-corrected chi connectivity index (χ4v) is 1.28. The quantitative estimate of drug-likeness (QED) is 0.558. The topological polar surface area (TPSA) is 40.5 Å². The van der Waals surface area contributed by atoms with Crippen LogP contribution in [0.1, 0.15) is 20.8 Å². The van der Waals surface area contributed by atoms with Gasteiger partial charge < -0.3 is 10.2 Å². The van der Waals surface area contributed by atoms with Crippen molar-refractivity contribution in [1.82, 2.24) is 0 Å². The van der Waals surface area contributed by atoms with E-state index >= 15 is 0 Å². The van der Waals surface area contributed by atoms with E-state index in [1.165, 1.54) is 0 Å². The van der Waals surface area contributed by atoms with E-state index in [4.69, 9.17) is 0 Å². The molecule has 1 aliphatic rings. The zero-order valence-electron chi connectivity index (χ0n) is 7.13. The van der Waals surface area contributed by atoms with Gasteiger partial charge in [0.1, 0.15) is 5.76 Å². The predicted molar refractivity (Wildman–Crippen MR) is 44.3 cm³/mol. The van der Waals surface area contributed by atoms with Crippen molar-refractivity contribution in [3.05, 3.63) is 23.0 Å². The third-order valence-electron chi connectivity index (χ3n) is 2.34. The fourth-order valence-electron chi connectivity index (χ4n) is 1.28. The summed E-state index contributed by atoms with van der Waals surface area (Å²) in [7, 11) is 0. The van der Waals surface area contributed by atoms with Gasteiger partial charge in [-0.2, -0.15) is 0 Å². The molecule has 0 heterocycles. The van der Waals surface area contributed by atoms with Crippen molar-refractivity contribution >= 4 is 0 Å². The standard InChI is InChI=1S/C9H14O2/c1-5-4-8(10)6(2)7(3)9(5)11/h4-5,9-11H,1-3H3. The number of rotatable bonds is 0. The Morgan fingerprint density at radius 2 is 1.91 bits per heavy atom. The van der Waals surface area contributed by atoms with Crippen LogP contribution in [0.5, 0.6) is 0 Å². The molecule has 0 bridgehead atoms. The average molecular weight is 154 g/mol. The van der Waals surface area contributed by atoms with Gasteiger partial charge in [-0.3, -0.25) is 0 Å². The highest BCUT2D eigenvalue weighted by molar-refractivity contribution is 5.34. The molecule has 0 radical (unpaired) electrons. The van der Waals surface area contributed by atoms with Gasteiger partial charge in [-0.05, 0) is 31.1 Å². The minimum atomic E-state index is -0.425. The van der Waals surface area contributed by atoms with Crippen molar-refractivity contribution in [3.63, 3.8) is 0 Å². The molecule has 0 aromatic carbocycles. The van der Waals surface area contributed by atoms with E-state index < -0.39 is 6.10 Å². The van der Waals surface area contributed by atoms with Gasteiger partial charge in [-0.15, -0.1) is 0 Å². The SMILES string of the molecule is CC1=C(C)C(O)C(C)C=C1O. The lowest BCUT2D eigenvalue weighted by atomic mass is 9.88. The molecule has 1 rings (SSSR count). The van der Waals surface area contributed by atoms with E-state index in [-0.39, 0.29) is 5.92 Å². The first-order chi connectivity index (χ1) is 5.04. The zero-order chi connectivity index (χ0) is 8.59. The molecule has 2 atom stereocenters. The Bertz CT molecular complexity index is 226. The number of hydrogen-bond donors (Lipinski definition) is 2. The molecule has 2 heteroatoms. The lowest BCUT2D eigenvalue weighted by molar-refractivity contribution is 0.165. The highest BCUT2D eigenvalue weighted by Crippen LogP contribution is 2.26. The lowest BCUT2D eigenvalue weighted by Gasteiger charge is -2.23. The van der Waals surface area contributed by atoms with E-state index in [0.29, 0.717) is 5.76 Å². The van der Waals surface area contributed by atoms with E-state index in [2.05, 4.69) is 0 Å². The van der Waals surface area contributed by atoms with E-state index in [1.54, 1.807) is 6.08 Å². The van der Waals surface area contributed by atoms with Crippen LogP contribution in [0.15, 0.2) is 23.0 Å². The first-order valence-corrected chi connectivity index (χ1v) is 3.80. The van der Waals surface area contributed by atoms with Crippen molar-refractivity contribution < 1.29 is 10.2 Å². The highest BCUT2D eigenvalue weighted by Gasteiger charge is 2.22. The predicted octanol–water partition coefficient (Wildman–Crippen LogP) is 1.78. The molecule has 2 N–H and O–H groups in total. The minimum Gasteiger partial charge on any atom is -0.508 e. The van der Waals surface area contributed by atoms with E-state index in [9.17, 15) is 10.2 Å². The minimum absolute atomic E-state index is 0.0266. The third-order valence-corrected chi connectivity index (χ3v) is 2.34. The molecule has 2 unspecified atom stereocenters. The summed E-state index contributed by atoms with van der Waals surface area (Å²) in [5.74, 6) is 0.332. The summed E-state index contributed by atoms with van der Waals surface area (Å²) in [4.78, 5) is 0. The Labute approximate surface area is 66.9 Å². The van der Waals surface area contributed by atoms with Crippen LogP contribution in [0.2, 0.25) is 0 Å². The molecule has 2 nitrogen and oxygen atoms in total. The van der Waals surface area contributed by atoms with Crippen LogP contribution >= 0.6 is 0 Å². The Hall–Kier alpha value is -0.760. The molecule has 0 aliphatic heterocycles. The van der Waals surface area contributed by atoms with Crippen LogP contribution < -0.4 is 0 Å². The summed E-state index contributed by atoms with van der Waals surface area (Å²) in [6.07, 6.45) is 1.26. The Balaban J connectivity index is 3.02. The first-order valence-electron chi connectivity index (χ1n) is 3.80. The van der Waals surface area contributed by atoms with Crippen LogP contribution in [0.4, 0.5) is 0 Å². The number of aliphatic hydroxyl groups is 2. The first kappa shape index (κ1) is 8.34. The summed E-state index contributed by atoms with van der Waals surface area (Å²) >= 11 is 0. The molecule has 0 aromatic rings. The summed E-state index contributed by atoms with van der Waals surface area (Å²) in [5.41, 5.74) is 1.67. The van der Waals surface area contributed by atoms with Crippen LogP contribution in [0.25, 0.3) is 0 Å². The van der Waals surface area contributed by atoms with Gasteiger partial charge >= 0.3 is 0 Å². The van der Waals surface area contributed by atoms with Gasteiger partial charge in [-0.1, -0.05) is 6.92 Å². The normalized spacial score (nSPS) is 32.2. The largest absolute Gasteiger partial charge is 0.508 e. The average Bonchev–Trinajstić information content (AvgIpc) is 1.97. The molecule has 0 saturated heterocycles. The van der Waals surface area contributed by atoms with Gasteiger partial charge in [0.25, 0.3) is 0 Å². The molecule has 0 saturated carbocycles. The highest BCUT2D eigenvalue weighted by atomic mass is 16.3. The van der Waals surface area contributed by atoms with Crippen molar-refractivity contribution in [2.45, 2.75) is 26.9 Å². The maximum absolute atomic E-state index is 9.52. The third kappa shape index (κ3) is 1.31. The molecule has 0 aromatic heterocycles. The van der Waals surface area contributed by atoms with Gasteiger partial charge in [0.15, 0.2) is 0 Å². The Kier molecular flexibility index (Phi) is 2.05. The second kappa shape index (κ2) is 2.70. The monoisotopic (exact) mass is 154 g/mol. The van der Waals surface area contributed by atoms with Gasteiger partial charge in [0.2, 0.25) is 0 Å². The molecule has 11 heavy (non-hydrogen) atoms. The maximum atomic E-state index is 9.52. The van der Waals surface area contributed by atoms with E-state index in [1.807, 2.05) is 20.8 Å². The van der Waals surface area contributed by atoms with Gasteiger partial charge in [0.05, 0.1) is 6.10 Å². The van der Waals surface area contributed by atoms with Gasteiger partial charge in [-0.25, -0.2) is 0 Å². The summed E-state index contributed by atoms with van der Waals surface area (Å²) in [6, 6.07) is 0. The van der Waals surface area contributed by atoms with Crippen molar-refractivity contribution in [2.24, 2.45) is 5.92 Å². The van der Waals surface area contributed by atoms with Crippen LogP contribution in [0.3, 0.4) is 0 Å². The van der Waals surface area contributed by atoms with Gasteiger partial charge in [0, 0.05) is 5.92 Å². The smallest absolute Gasteiger partial charge is 0.114 e. The van der Waals surface area contributed by atoms with Crippen molar-refractivity contribution in [2.75, 3.05) is 0 Å². The molecular weight excluding hydrogens is 140 g/mol. The van der Waals surface area contributed by atoms with Crippen molar-refractivity contribution in [3.8, 4) is 0 Å². The molecule has 1 aliphatic carbocycles. The summed E-state index contributed by atoms with van der Waals surface area (Å²) < 4.78 is 0. The number of allylic oxidation sites excluding steroid dienone is 1. The number of aliphatic hydroxyl groups excluding tert-OH is 2. The van der Waals surface area contributed by atoms with Crippen molar-refractivity contribution in [1.29, 1.82) is 0 Å².